The summed E-state index contributed by atoms with van der Waals surface area (Å²) in [6, 6.07) is 0. The van der Waals surface area contributed by atoms with Crippen LogP contribution in [0, 0.1) is 11.3 Å². The van der Waals surface area contributed by atoms with Crippen LogP contribution in [0.1, 0.15) is 72.1 Å². The van der Waals surface area contributed by atoms with Crippen LogP contribution in [0.3, 0.4) is 0 Å². The van der Waals surface area contributed by atoms with Crippen molar-refractivity contribution < 1.29 is 14.2 Å². The molecule has 1 heterocycles. The van der Waals surface area contributed by atoms with E-state index in [9.17, 15) is 0 Å². The van der Waals surface area contributed by atoms with Gasteiger partial charge in [0.2, 0.25) is 0 Å². The van der Waals surface area contributed by atoms with E-state index in [2.05, 4.69) is 32.3 Å². The van der Waals surface area contributed by atoms with Crippen LogP contribution in [-0.4, -0.2) is 56.7 Å². The Balaban J connectivity index is 1.75. The van der Waals surface area contributed by atoms with Gasteiger partial charge in [0.25, 0.3) is 0 Å². The fourth-order valence-corrected chi connectivity index (χ4v) is 4.94. The van der Waals surface area contributed by atoms with Crippen LogP contribution in [0.25, 0.3) is 0 Å². The van der Waals surface area contributed by atoms with Crippen molar-refractivity contribution in [2.45, 2.75) is 84.0 Å². The average Bonchev–Trinajstić information content (AvgIpc) is 3.03. The van der Waals surface area contributed by atoms with Crippen molar-refractivity contribution in [3.8, 4) is 0 Å². The molecule has 2 aliphatic rings. The molecule has 158 valence electrons. The highest BCUT2D eigenvalue weighted by molar-refractivity contribution is 4.90. The maximum atomic E-state index is 6.47. The van der Waals surface area contributed by atoms with E-state index in [0.717, 1.165) is 64.4 Å². The van der Waals surface area contributed by atoms with Gasteiger partial charge in [-0.3, -0.25) is 4.90 Å². The Labute approximate surface area is 167 Å². The maximum Gasteiger partial charge on any atom is 0.168 e. The van der Waals surface area contributed by atoms with Crippen molar-refractivity contribution in [3.63, 3.8) is 0 Å². The van der Waals surface area contributed by atoms with Gasteiger partial charge in [-0.05, 0) is 43.4 Å². The van der Waals surface area contributed by atoms with Gasteiger partial charge in [0.15, 0.2) is 5.79 Å². The second-order valence-electron chi connectivity index (χ2n) is 9.20. The van der Waals surface area contributed by atoms with Crippen molar-refractivity contribution >= 4 is 0 Å². The molecule has 0 aromatic rings. The van der Waals surface area contributed by atoms with Crippen molar-refractivity contribution in [3.05, 3.63) is 12.7 Å². The number of ether oxygens (including phenoxy) is 3. The predicted molar refractivity (Wildman–Crippen MR) is 112 cm³/mol. The Morgan fingerprint density at radius 1 is 1.26 bits per heavy atom. The maximum absolute atomic E-state index is 6.47. The van der Waals surface area contributed by atoms with Crippen LogP contribution in [0.15, 0.2) is 12.7 Å². The summed E-state index contributed by atoms with van der Waals surface area (Å²) in [5.74, 6) is 0.515. The Kier molecular flexibility index (Phi) is 9.27. The van der Waals surface area contributed by atoms with Crippen LogP contribution >= 0.6 is 0 Å². The van der Waals surface area contributed by atoms with Crippen LogP contribution in [0.4, 0.5) is 0 Å². The van der Waals surface area contributed by atoms with Gasteiger partial charge in [0, 0.05) is 46.2 Å². The first kappa shape index (κ1) is 22.9. The molecule has 27 heavy (non-hydrogen) atoms. The highest BCUT2D eigenvalue weighted by Gasteiger charge is 2.46. The highest BCUT2D eigenvalue weighted by Crippen LogP contribution is 2.47. The summed E-state index contributed by atoms with van der Waals surface area (Å²) in [6.07, 6.45) is 11.5. The quantitative estimate of drug-likeness (QED) is 0.350. The van der Waals surface area contributed by atoms with Gasteiger partial charge >= 0.3 is 0 Å². The molecule has 0 radical (unpaired) electrons. The smallest absolute Gasteiger partial charge is 0.168 e. The number of methoxy groups -OCH3 is 1. The lowest BCUT2D eigenvalue weighted by Gasteiger charge is -2.42. The molecule has 0 N–H and O–H groups in total. The number of hydrogen-bond acceptors (Lipinski definition) is 4. The van der Waals surface area contributed by atoms with E-state index >= 15 is 0 Å². The van der Waals surface area contributed by atoms with E-state index in [-0.39, 0.29) is 11.9 Å². The molecule has 1 aliphatic carbocycles. The first-order chi connectivity index (χ1) is 12.9. The highest BCUT2D eigenvalue weighted by atomic mass is 16.7. The molecule has 1 spiro atoms. The Hall–Kier alpha value is -0.420. The average molecular weight is 382 g/mol. The fourth-order valence-electron chi connectivity index (χ4n) is 4.94. The molecule has 2 rings (SSSR count). The predicted octanol–water partition coefficient (Wildman–Crippen LogP) is 5.03. The van der Waals surface area contributed by atoms with Gasteiger partial charge in [-0.1, -0.05) is 33.3 Å². The molecular formula is C23H43NO3. The second-order valence-corrected chi connectivity index (χ2v) is 9.20. The molecule has 1 unspecified atom stereocenters. The first-order valence-electron chi connectivity index (χ1n) is 11.1. The van der Waals surface area contributed by atoms with E-state index < -0.39 is 0 Å². The largest absolute Gasteiger partial charge is 0.385 e. The number of hydrogen-bond donors (Lipinski definition) is 0. The zero-order valence-corrected chi connectivity index (χ0v) is 18.3. The van der Waals surface area contributed by atoms with Crippen LogP contribution in [-0.2, 0) is 14.2 Å². The summed E-state index contributed by atoms with van der Waals surface area (Å²) in [4.78, 5) is 2.44. The minimum absolute atomic E-state index is 0.236. The molecule has 2 fully saturated rings. The molecule has 0 amide bonds. The molecule has 4 nitrogen and oxygen atoms in total. The lowest BCUT2D eigenvalue weighted by atomic mass is 9.68. The minimum Gasteiger partial charge on any atom is -0.385 e. The van der Waals surface area contributed by atoms with Crippen molar-refractivity contribution in [1.29, 1.82) is 0 Å². The summed E-state index contributed by atoms with van der Waals surface area (Å²) >= 11 is 0. The third kappa shape index (κ3) is 6.85. The number of nitrogens with zero attached hydrogens (tertiary/aromatic N) is 1. The molecule has 1 aliphatic heterocycles. The summed E-state index contributed by atoms with van der Waals surface area (Å²) < 4.78 is 17.9. The van der Waals surface area contributed by atoms with Crippen LogP contribution < -0.4 is 0 Å². The Morgan fingerprint density at radius 2 is 2.00 bits per heavy atom. The molecule has 0 aromatic heterocycles. The topological polar surface area (TPSA) is 30.9 Å². The van der Waals surface area contributed by atoms with Gasteiger partial charge in [-0.25, -0.2) is 0 Å². The number of rotatable bonds is 12. The van der Waals surface area contributed by atoms with Crippen molar-refractivity contribution in [2.75, 3.05) is 40.0 Å². The zero-order valence-electron chi connectivity index (χ0n) is 18.3. The fraction of sp³-hybridized carbons (Fsp3) is 0.913. The monoisotopic (exact) mass is 381 g/mol. The van der Waals surface area contributed by atoms with Crippen molar-refractivity contribution in [2.24, 2.45) is 11.3 Å². The van der Waals surface area contributed by atoms with Gasteiger partial charge in [-0.15, -0.1) is 6.58 Å². The summed E-state index contributed by atoms with van der Waals surface area (Å²) in [6.45, 7) is 15.6. The molecule has 0 aromatic carbocycles. The van der Waals surface area contributed by atoms with Gasteiger partial charge in [0.1, 0.15) is 0 Å². The summed E-state index contributed by atoms with van der Waals surface area (Å²) in [5.41, 5.74) is 0.446. The van der Waals surface area contributed by atoms with Gasteiger partial charge in [-0.2, -0.15) is 0 Å². The van der Waals surface area contributed by atoms with Crippen LogP contribution in [0.5, 0.6) is 0 Å². The normalized spacial score (nSPS) is 28.9. The molecule has 0 bridgehead atoms. The van der Waals surface area contributed by atoms with E-state index in [1.807, 2.05) is 6.08 Å². The Morgan fingerprint density at radius 3 is 2.63 bits per heavy atom. The second kappa shape index (κ2) is 10.9. The van der Waals surface area contributed by atoms with E-state index in [4.69, 9.17) is 14.2 Å². The third-order valence-corrected chi connectivity index (χ3v) is 6.64. The summed E-state index contributed by atoms with van der Waals surface area (Å²) in [5, 5.41) is 0. The lowest BCUT2D eigenvalue weighted by molar-refractivity contribution is -0.197. The molecule has 1 atom stereocenters. The lowest BCUT2D eigenvalue weighted by Crippen LogP contribution is -2.39. The Bertz CT molecular complexity index is 429. The molecule has 4 heteroatoms. The van der Waals surface area contributed by atoms with Crippen LogP contribution in [0.2, 0.25) is 0 Å². The van der Waals surface area contributed by atoms with E-state index in [1.54, 1.807) is 7.11 Å². The molecule has 1 saturated carbocycles. The standard InChI is InChI=1S/C23H43NO3/c1-6-12-22(3,4)20-9-13-23(14-10-20)26-19-21(27-23)11-17-24(15-7-2)16-8-18-25-5/h7,20-21H,2,6,8-19H2,1,3-5H3. The SMILES string of the molecule is C=CCN(CCCOC)CCC1COC2(CCC(C(C)(C)CCC)CC2)O1. The summed E-state index contributed by atoms with van der Waals surface area (Å²) in [7, 11) is 1.76. The van der Waals surface area contributed by atoms with Gasteiger partial charge in [0.05, 0.1) is 12.7 Å². The van der Waals surface area contributed by atoms with E-state index in [0.29, 0.717) is 5.41 Å². The zero-order chi connectivity index (χ0) is 19.8. The van der Waals surface area contributed by atoms with E-state index in [1.165, 1.54) is 25.7 Å². The third-order valence-electron chi connectivity index (χ3n) is 6.64. The minimum atomic E-state index is -0.289. The molecular weight excluding hydrogens is 338 g/mol. The molecule has 1 saturated heterocycles. The van der Waals surface area contributed by atoms with Gasteiger partial charge < -0.3 is 14.2 Å². The van der Waals surface area contributed by atoms with Crippen molar-refractivity contribution in [1.82, 2.24) is 4.90 Å². The first-order valence-corrected chi connectivity index (χ1v) is 11.1.